The highest BCUT2D eigenvalue weighted by Gasteiger charge is 2.03. The molecule has 0 aromatic heterocycles. The fraction of sp³-hybridized carbons (Fsp3) is 0.429. The third-order valence-electron chi connectivity index (χ3n) is 0.885. The monoisotopic (exact) mass is 173 g/mol. The Morgan fingerprint density at radius 1 is 1.25 bits per heavy atom. The summed E-state index contributed by atoms with van der Waals surface area (Å²) in [5.74, 6) is -0.572. The summed E-state index contributed by atoms with van der Waals surface area (Å²) < 4.78 is 8.47. The van der Waals surface area contributed by atoms with Gasteiger partial charge < -0.3 is 9.47 Å². The molecule has 0 amide bonds. The van der Waals surface area contributed by atoms with E-state index < -0.39 is 12.1 Å². The van der Waals surface area contributed by atoms with Crippen LogP contribution in [0.3, 0.4) is 0 Å². The molecule has 0 aliphatic heterocycles. The number of hydrogen-bond donors (Lipinski definition) is 0. The van der Waals surface area contributed by atoms with Gasteiger partial charge in [-0.05, 0) is 6.92 Å². The molecule has 0 unspecified atom stereocenters. The molecule has 5 heteroatoms. The molecule has 0 heterocycles. The third kappa shape index (κ3) is 5.28. The van der Waals surface area contributed by atoms with Crippen LogP contribution in [0.5, 0.6) is 0 Å². The summed E-state index contributed by atoms with van der Waals surface area (Å²) in [4.78, 5) is 20.3. The second-order valence-corrected chi connectivity index (χ2v) is 2.01. The van der Waals surface area contributed by atoms with Gasteiger partial charge in [-0.25, -0.2) is 4.79 Å². The maximum absolute atomic E-state index is 10.6. The van der Waals surface area contributed by atoms with Crippen LogP contribution in [0.2, 0.25) is 0 Å². The van der Waals surface area contributed by atoms with Gasteiger partial charge in [-0.1, -0.05) is 6.58 Å². The highest BCUT2D eigenvalue weighted by Crippen LogP contribution is 1.91. The number of carbonyl (C=O) groups excluding carboxylic acids is 2. The summed E-state index contributed by atoms with van der Waals surface area (Å²) in [5.41, 5.74) is 0.253. The highest BCUT2D eigenvalue weighted by atomic mass is 16.7. The molecule has 1 radical (unpaired) electrons. The van der Waals surface area contributed by atoms with E-state index in [0.29, 0.717) is 0 Å². The summed E-state index contributed by atoms with van der Waals surface area (Å²) in [5, 5.41) is 9.69. The fourth-order valence-electron chi connectivity index (χ4n) is 0.383. The average molecular weight is 173 g/mol. The quantitative estimate of drug-likeness (QED) is 0.356. The smallest absolute Gasteiger partial charge is 0.459 e. The molecule has 0 saturated heterocycles. The highest BCUT2D eigenvalue weighted by molar-refractivity contribution is 5.86. The van der Waals surface area contributed by atoms with Crippen molar-refractivity contribution in [3.63, 3.8) is 0 Å². The van der Waals surface area contributed by atoms with Crippen LogP contribution >= 0.6 is 0 Å². The zero-order valence-electron chi connectivity index (χ0n) is 6.66. The molecule has 0 N–H and O–H groups in total. The molecule has 0 aliphatic rings. The van der Waals surface area contributed by atoms with E-state index >= 15 is 0 Å². The van der Waals surface area contributed by atoms with Gasteiger partial charge in [-0.3, -0.25) is 0 Å². The third-order valence-corrected chi connectivity index (χ3v) is 0.885. The largest absolute Gasteiger partial charge is 0.550 e. The number of hydrogen-bond acceptors (Lipinski definition) is 4. The first kappa shape index (κ1) is 10.5. The lowest BCUT2D eigenvalue weighted by atomic mass is 10.4. The molecule has 0 rings (SSSR count). The van der Waals surface area contributed by atoms with Crippen LogP contribution in [0.25, 0.3) is 0 Å². The van der Waals surface area contributed by atoms with Gasteiger partial charge in [0.1, 0.15) is 13.2 Å². The zero-order valence-corrected chi connectivity index (χ0v) is 6.66. The lowest BCUT2D eigenvalue weighted by Crippen LogP contribution is -2.12. The number of esters is 1. The molecular weight excluding hydrogens is 164 g/mol. The van der Waals surface area contributed by atoms with E-state index in [1.165, 1.54) is 6.92 Å². The first-order chi connectivity index (χ1) is 5.54. The van der Waals surface area contributed by atoms with Gasteiger partial charge in [0.05, 0.1) is 0 Å². The Balaban J connectivity index is 3.38. The first-order valence-corrected chi connectivity index (χ1v) is 3.20. The maximum atomic E-state index is 10.6. The Hall–Kier alpha value is -1.52. The van der Waals surface area contributed by atoms with Crippen LogP contribution in [-0.2, 0) is 19.4 Å². The molecular formula is C7H9O5. The van der Waals surface area contributed by atoms with Crippen molar-refractivity contribution >= 4 is 12.1 Å². The standard InChI is InChI=1S/C7H9O5/c1-5(2)6(8)11-3-4-12-7(9)10/h1,3-4H2,2H3. The summed E-state index contributed by atoms with van der Waals surface area (Å²) in [6.07, 6.45) is -1.64. The van der Waals surface area contributed by atoms with E-state index in [9.17, 15) is 14.7 Å². The molecule has 12 heavy (non-hydrogen) atoms. The Labute approximate surface area is 69.6 Å². The Morgan fingerprint density at radius 3 is 2.17 bits per heavy atom. The van der Waals surface area contributed by atoms with Crippen LogP contribution in [0.15, 0.2) is 12.2 Å². The minimum Gasteiger partial charge on any atom is -0.459 e. The van der Waals surface area contributed by atoms with Crippen LogP contribution in [-0.4, -0.2) is 25.3 Å². The first-order valence-electron chi connectivity index (χ1n) is 3.20. The maximum Gasteiger partial charge on any atom is 0.550 e. The van der Waals surface area contributed by atoms with E-state index in [4.69, 9.17) is 0 Å². The number of rotatable bonds is 4. The molecule has 0 spiro atoms. The molecule has 0 fully saturated rings. The normalized spacial score (nSPS) is 8.75. The van der Waals surface area contributed by atoms with Crippen LogP contribution in [0, 0.1) is 0 Å². The molecule has 67 valence electrons. The molecule has 5 nitrogen and oxygen atoms in total. The Bertz CT molecular complexity index is 196. The summed E-state index contributed by atoms with van der Waals surface area (Å²) >= 11 is 0. The van der Waals surface area contributed by atoms with Gasteiger partial charge in [0.15, 0.2) is 0 Å². The number of ether oxygens (including phenoxy) is 2. The van der Waals surface area contributed by atoms with Gasteiger partial charge in [-0.15, -0.1) is 0 Å². The van der Waals surface area contributed by atoms with Crippen molar-refractivity contribution in [1.82, 2.24) is 0 Å². The van der Waals surface area contributed by atoms with Crippen molar-refractivity contribution < 1.29 is 24.2 Å². The number of carbonyl (C=O) groups is 2. The van der Waals surface area contributed by atoms with Gasteiger partial charge in [-0.2, -0.15) is 9.90 Å². The lowest BCUT2D eigenvalue weighted by molar-refractivity contribution is -0.140. The predicted molar refractivity (Wildman–Crippen MR) is 37.8 cm³/mol. The van der Waals surface area contributed by atoms with Crippen molar-refractivity contribution in [2.24, 2.45) is 0 Å². The van der Waals surface area contributed by atoms with Crippen LogP contribution in [0.1, 0.15) is 6.92 Å². The minimum atomic E-state index is -1.64. The second-order valence-electron chi connectivity index (χ2n) is 2.01. The van der Waals surface area contributed by atoms with Gasteiger partial charge >= 0.3 is 12.1 Å². The molecule has 0 aliphatic carbocycles. The zero-order chi connectivity index (χ0) is 9.56. The van der Waals surface area contributed by atoms with Gasteiger partial charge in [0, 0.05) is 5.57 Å². The summed E-state index contributed by atoms with van der Waals surface area (Å²) in [6.45, 7) is 4.47. The van der Waals surface area contributed by atoms with Crippen LogP contribution in [0.4, 0.5) is 4.79 Å². The topological polar surface area (TPSA) is 72.5 Å². The van der Waals surface area contributed by atoms with E-state index in [1.807, 2.05) is 0 Å². The van der Waals surface area contributed by atoms with E-state index in [2.05, 4.69) is 16.1 Å². The minimum absolute atomic E-state index is 0.125. The van der Waals surface area contributed by atoms with Crippen molar-refractivity contribution in [2.75, 3.05) is 13.2 Å². The van der Waals surface area contributed by atoms with Crippen molar-refractivity contribution in [3.05, 3.63) is 12.2 Å². The second kappa shape index (κ2) is 5.17. The molecule has 0 saturated carbocycles. The van der Waals surface area contributed by atoms with Crippen molar-refractivity contribution in [2.45, 2.75) is 6.92 Å². The lowest BCUT2D eigenvalue weighted by Gasteiger charge is -2.02. The molecule has 0 bridgehead atoms. The van der Waals surface area contributed by atoms with E-state index in [1.54, 1.807) is 0 Å². The molecule has 0 aromatic rings. The van der Waals surface area contributed by atoms with E-state index in [0.717, 1.165) is 0 Å². The Morgan fingerprint density at radius 2 is 1.75 bits per heavy atom. The van der Waals surface area contributed by atoms with Gasteiger partial charge in [0.25, 0.3) is 0 Å². The van der Waals surface area contributed by atoms with Crippen LogP contribution < -0.4 is 0 Å². The average Bonchev–Trinajstić information content (AvgIpc) is 1.97. The SMILES string of the molecule is C=C(C)C(=O)OCCOC([O])=O. The predicted octanol–water partition coefficient (Wildman–Crippen LogP) is 0.673. The van der Waals surface area contributed by atoms with Crippen molar-refractivity contribution in [3.8, 4) is 0 Å². The summed E-state index contributed by atoms with van der Waals surface area (Å²) in [7, 11) is 0. The fourth-order valence-corrected chi connectivity index (χ4v) is 0.383. The van der Waals surface area contributed by atoms with Gasteiger partial charge in [0.2, 0.25) is 0 Å². The summed E-state index contributed by atoms with van der Waals surface area (Å²) in [6, 6.07) is 0. The van der Waals surface area contributed by atoms with Crippen molar-refractivity contribution in [1.29, 1.82) is 0 Å². The molecule has 0 atom stereocenters. The van der Waals surface area contributed by atoms with E-state index in [-0.39, 0.29) is 18.8 Å². The Kier molecular flexibility index (Phi) is 4.52. The molecule has 0 aromatic carbocycles.